The summed E-state index contributed by atoms with van der Waals surface area (Å²) in [6.45, 7) is 4.49. The minimum atomic E-state index is -0.516. The van der Waals surface area contributed by atoms with E-state index in [-0.39, 0.29) is 31.4 Å². The van der Waals surface area contributed by atoms with Gasteiger partial charge in [0.25, 0.3) is 0 Å². The maximum atomic E-state index is 13.4. The van der Waals surface area contributed by atoms with Crippen LogP contribution in [-0.2, 0) is 16.1 Å². The molecule has 0 bridgehead atoms. The van der Waals surface area contributed by atoms with Crippen LogP contribution in [0.15, 0.2) is 78.9 Å². The number of nitrogens with zero attached hydrogens (tertiary/aromatic N) is 1. The predicted octanol–water partition coefficient (Wildman–Crippen LogP) is 5.20. The number of hydrogen-bond donors (Lipinski definition) is 1. The molecule has 3 aromatic carbocycles. The second-order valence-electron chi connectivity index (χ2n) is 8.88. The van der Waals surface area contributed by atoms with Crippen LogP contribution in [0.3, 0.4) is 0 Å². The van der Waals surface area contributed by atoms with Gasteiger partial charge in [-0.05, 0) is 47.4 Å². The van der Waals surface area contributed by atoms with Gasteiger partial charge in [0.05, 0.1) is 0 Å². The van der Waals surface area contributed by atoms with Gasteiger partial charge < -0.3 is 14.8 Å². The molecule has 6 heteroatoms. The molecule has 0 aromatic heterocycles. The van der Waals surface area contributed by atoms with Gasteiger partial charge in [-0.25, -0.2) is 0 Å². The Morgan fingerprint density at radius 3 is 2.09 bits per heavy atom. The number of carbonyl (C=O) groups is 2. The van der Waals surface area contributed by atoms with Crippen LogP contribution in [0.1, 0.15) is 32.3 Å². The molecule has 0 saturated heterocycles. The van der Waals surface area contributed by atoms with E-state index in [4.69, 9.17) is 9.47 Å². The Bertz CT molecular complexity index is 1070. The van der Waals surface area contributed by atoms with Gasteiger partial charge in [0.2, 0.25) is 18.6 Å². The van der Waals surface area contributed by atoms with Crippen molar-refractivity contribution in [2.24, 2.45) is 5.41 Å². The van der Waals surface area contributed by atoms with Crippen molar-refractivity contribution in [2.75, 3.05) is 11.7 Å². The van der Waals surface area contributed by atoms with Crippen molar-refractivity contribution < 1.29 is 19.1 Å². The monoisotopic (exact) mass is 444 g/mol. The van der Waals surface area contributed by atoms with Gasteiger partial charge in [0.15, 0.2) is 11.5 Å². The minimum Gasteiger partial charge on any atom is -0.454 e. The summed E-state index contributed by atoms with van der Waals surface area (Å²) < 4.78 is 10.7. The topological polar surface area (TPSA) is 67.9 Å². The van der Waals surface area contributed by atoms with Crippen LogP contribution in [-0.4, -0.2) is 18.6 Å². The average molecular weight is 445 g/mol. The third-order valence-electron chi connectivity index (χ3n) is 5.47. The molecule has 33 heavy (non-hydrogen) atoms. The van der Waals surface area contributed by atoms with Crippen LogP contribution in [0, 0.1) is 5.41 Å². The highest BCUT2D eigenvalue weighted by atomic mass is 16.7. The molecule has 0 unspecified atom stereocenters. The summed E-state index contributed by atoms with van der Waals surface area (Å²) in [5.74, 6) is 1.25. The van der Waals surface area contributed by atoms with Crippen LogP contribution in [0.5, 0.6) is 11.5 Å². The molecule has 0 radical (unpaired) electrons. The molecule has 0 spiro atoms. The van der Waals surface area contributed by atoms with Crippen molar-refractivity contribution in [1.82, 2.24) is 5.32 Å². The fourth-order valence-electron chi connectivity index (χ4n) is 3.89. The van der Waals surface area contributed by atoms with Crippen LogP contribution < -0.4 is 19.7 Å². The Morgan fingerprint density at radius 2 is 1.45 bits per heavy atom. The largest absolute Gasteiger partial charge is 0.454 e. The third kappa shape index (κ3) is 5.71. The molecule has 4 rings (SSSR count). The maximum absolute atomic E-state index is 13.4. The van der Waals surface area contributed by atoms with Crippen molar-refractivity contribution in [3.63, 3.8) is 0 Å². The molecule has 170 valence electrons. The normalized spacial score (nSPS) is 12.3. The molecule has 0 aliphatic carbocycles. The van der Waals surface area contributed by atoms with Crippen molar-refractivity contribution >= 4 is 23.2 Å². The second kappa shape index (κ2) is 9.77. The molecule has 2 amide bonds. The van der Waals surface area contributed by atoms with Crippen LogP contribution in [0.2, 0.25) is 0 Å². The Labute approximate surface area is 194 Å². The molecule has 3 aromatic rings. The summed E-state index contributed by atoms with van der Waals surface area (Å²) in [5, 5.41) is 2.95. The van der Waals surface area contributed by atoms with E-state index in [1.54, 1.807) is 4.90 Å². The standard InChI is InChI=1S/C27H28N2O4/c1-27(2,16-25(30)28-18-20-13-14-23-24(15-20)33-19-32-23)17-26(31)29(21-9-5-3-6-10-21)22-11-7-4-8-12-22/h3-15H,16-19H2,1-2H3,(H,28,30). The predicted molar refractivity (Wildman–Crippen MR) is 127 cm³/mol. The molecular formula is C27H28N2O4. The summed E-state index contributed by atoms with van der Waals surface area (Å²) >= 11 is 0. The van der Waals surface area contributed by atoms with E-state index in [2.05, 4.69) is 5.32 Å². The molecule has 1 N–H and O–H groups in total. The van der Waals surface area contributed by atoms with Crippen molar-refractivity contribution in [3.8, 4) is 11.5 Å². The number of anilines is 2. The van der Waals surface area contributed by atoms with Gasteiger partial charge in [0.1, 0.15) is 0 Å². The van der Waals surface area contributed by atoms with Crippen LogP contribution >= 0.6 is 0 Å². The molecule has 0 saturated carbocycles. The summed E-state index contributed by atoms with van der Waals surface area (Å²) in [7, 11) is 0. The van der Waals surface area contributed by atoms with Gasteiger partial charge in [-0.2, -0.15) is 0 Å². The maximum Gasteiger partial charge on any atom is 0.232 e. The van der Waals surface area contributed by atoms with Gasteiger partial charge in [0, 0.05) is 30.8 Å². The first-order valence-electron chi connectivity index (χ1n) is 11.0. The lowest BCUT2D eigenvalue weighted by Crippen LogP contribution is -2.34. The van der Waals surface area contributed by atoms with E-state index >= 15 is 0 Å². The quantitative estimate of drug-likeness (QED) is 0.518. The fraction of sp³-hybridized carbons (Fsp3) is 0.259. The Morgan fingerprint density at radius 1 is 0.848 bits per heavy atom. The van der Waals surface area contributed by atoms with E-state index in [1.807, 2.05) is 92.7 Å². The minimum absolute atomic E-state index is 0.0547. The Balaban J connectivity index is 1.39. The first-order valence-corrected chi connectivity index (χ1v) is 11.0. The molecule has 1 heterocycles. The highest BCUT2D eigenvalue weighted by molar-refractivity contribution is 6.01. The Kier molecular flexibility index (Phi) is 6.63. The summed E-state index contributed by atoms with van der Waals surface area (Å²) in [6.07, 6.45) is 0.467. The van der Waals surface area contributed by atoms with E-state index < -0.39 is 5.41 Å². The SMILES string of the molecule is CC(C)(CC(=O)NCc1ccc2c(c1)OCO2)CC(=O)N(c1ccccc1)c1ccccc1. The van der Waals surface area contributed by atoms with Crippen molar-refractivity contribution in [1.29, 1.82) is 0 Å². The molecular weight excluding hydrogens is 416 g/mol. The third-order valence-corrected chi connectivity index (χ3v) is 5.47. The number of ether oxygens (including phenoxy) is 2. The zero-order chi connectivity index (χ0) is 23.3. The molecule has 0 fully saturated rings. The molecule has 0 atom stereocenters. The lowest BCUT2D eigenvalue weighted by atomic mass is 9.84. The Hall–Kier alpha value is -3.80. The zero-order valence-electron chi connectivity index (χ0n) is 18.9. The fourth-order valence-corrected chi connectivity index (χ4v) is 3.89. The summed E-state index contributed by atoms with van der Waals surface area (Å²) in [5.41, 5.74) is 2.02. The molecule has 1 aliphatic heterocycles. The van der Waals surface area contributed by atoms with E-state index in [1.165, 1.54) is 0 Å². The number of para-hydroxylation sites is 2. The number of carbonyl (C=O) groups excluding carboxylic acids is 2. The van der Waals surface area contributed by atoms with Gasteiger partial charge in [-0.3, -0.25) is 14.5 Å². The first-order chi connectivity index (χ1) is 15.9. The van der Waals surface area contributed by atoms with E-state index in [0.717, 1.165) is 16.9 Å². The number of hydrogen-bond acceptors (Lipinski definition) is 4. The van der Waals surface area contributed by atoms with Crippen LogP contribution in [0.25, 0.3) is 0 Å². The summed E-state index contributed by atoms with van der Waals surface area (Å²) in [4.78, 5) is 27.8. The van der Waals surface area contributed by atoms with Crippen molar-refractivity contribution in [2.45, 2.75) is 33.2 Å². The van der Waals surface area contributed by atoms with Gasteiger partial charge in [-0.1, -0.05) is 56.3 Å². The van der Waals surface area contributed by atoms with E-state index in [9.17, 15) is 9.59 Å². The van der Waals surface area contributed by atoms with Gasteiger partial charge in [-0.15, -0.1) is 0 Å². The van der Waals surface area contributed by atoms with E-state index in [0.29, 0.717) is 18.0 Å². The number of fused-ring (bicyclic) bond motifs is 1. The number of nitrogens with one attached hydrogen (secondary N) is 1. The van der Waals surface area contributed by atoms with Crippen LogP contribution in [0.4, 0.5) is 11.4 Å². The molecule has 6 nitrogen and oxygen atoms in total. The molecule has 1 aliphatic rings. The first kappa shape index (κ1) is 22.4. The summed E-state index contributed by atoms with van der Waals surface area (Å²) in [6, 6.07) is 24.7. The highest BCUT2D eigenvalue weighted by Crippen LogP contribution is 2.33. The number of benzene rings is 3. The average Bonchev–Trinajstić information content (AvgIpc) is 3.26. The number of amides is 2. The lowest BCUT2D eigenvalue weighted by molar-refractivity contribution is -0.124. The second-order valence-corrected chi connectivity index (χ2v) is 8.88. The lowest BCUT2D eigenvalue weighted by Gasteiger charge is -2.29. The highest BCUT2D eigenvalue weighted by Gasteiger charge is 2.29. The zero-order valence-corrected chi connectivity index (χ0v) is 18.9. The van der Waals surface area contributed by atoms with Gasteiger partial charge >= 0.3 is 0 Å². The van der Waals surface area contributed by atoms with Crippen molar-refractivity contribution in [3.05, 3.63) is 84.4 Å². The number of rotatable bonds is 8. The smallest absolute Gasteiger partial charge is 0.232 e.